The van der Waals surface area contributed by atoms with Crippen molar-refractivity contribution in [3.05, 3.63) is 19.2 Å². The predicted molar refractivity (Wildman–Crippen MR) is 82.6 cm³/mol. The van der Waals surface area contributed by atoms with Crippen molar-refractivity contribution in [2.45, 2.75) is 44.2 Å². The van der Waals surface area contributed by atoms with Gasteiger partial charge in [0.25, 0.3) is 0 Å². The number of hydrogen-bond acceptors (Lipinski definition) is 4. The minimum Gasteiger partial charge on any atom is -0.378 e. The third-order valence-corrected chi connectivity index (χ3v) is 5.69. The van der Waals surface area contributed by atoms with Crippen LogP contribution in [0.4, 0.5) is 0 Å². The molecular formula is C12H18Br2N2OS. The van der Waals surface area contributed by atoms with Gasteiger partial charge >= 0.3 is 0 Å². The summed E-state index contributed by atoms with van der Waals surface area (Å²) in [6.07, 6.45) is 6.22. The molecule has 0 radical (unpaired) electrons. The summed E-state index contributed by atoms with van der Waals surface area (Å²) >= 11 is 8.77. The maximum Gasteiger partial charge on any atom is 0.0758 e. The second-order valence-corrected chi connectivity index (χ2v) is 8.31. The average Bonchev–Trinajstić information content (AvgIpc) is 2.95. The first-order valence-corrected chi connectivity index (χ1v) is 8.63. The molecule has 102 valence electrons. The van der Waals surface area contributed by atoms with Gasteiger partial charge in [0.05, 0.1) is 13.7 Å². The van der Waals surface area contributed by atoms with Crippen LogP contribution in [0.15, 0.2) is 13.6 Å². The number of ether oxygens (including phenoxy) is 1. The van der Waals surface area contributed by atoms with Crippen LogP contribution in [0.25, 0.3) is 0 Å². The average molecular weight is 398 g/mol. The van der Waals surface area contributed by atoms with E-state index in [4.69, 9.17) is 10.6 Å². The molecule has 0 amide bonds. The van der Waals surface area contributed by atoms with E-state index in [1.54, 1.807) is 11.3 Å². The van der Waals surface area contributed by atoms with E-state index in [2.05, 4.69) is 43.4 Å². The van der Waals surface area contributed by atoms with Crippen LogP contribution in [0.5, 0.6) is 0 Å². The number of nitrogens with two attached hydrogens (primary N) is 1. The van der Waals surface area contributed by atoms with Crippen molar-refractivity contribution >= 4 is 43.2 Å². The van der Waals surface area contributed by atoms with Crippen molar-refractivity contribution in [1.29, 1.82) is 0 Å². The molecule has 1 saturated heterocycles. The van der Waals surface area contributed by atoms with E-state index in [0.717, 1.165) is 33.4 Å². The van der Waals surface area contributed by atoms with E-state index in [-0.39, 0.29) is 6.04 Å². The molecule has 6 heteroatoms. The van der Waals surface area contributed by atoms with Crippen molar-refractivity contribution in [2.24, 2.45) is 5.84 Å². The highest BCUT2D eigenvalue weighted by molar-refractivity contribution is 9.12. The summed E-state index contributed by atoms with van der Waals surface area (Å²) in [4.78, 5) is 0. The Morgan fingerprint density at radius 2 is 2.39 bits per heavy atom. The van der Waals surface area contributed by atoms with Gasteiger partial charge in [0.15, 0.2) is 0 Å². The van der Waals surface area contributed by atoms with Crippen LogP contribution < -0.4 is 11.3 Å². The van der Waals surface area contributed by atoms with Crippen LogP contribution in [0.1, 0.15) is 43.7 Å². The molecule has 2 unspecified atom stereocenters. The van der Waals surface area contributed by atoms with Crippen molar-refractivity contribution in [2.75, 3.05) is 6.61 Å². The lowest BCUT2D eigenvalue weighted by Gasteiger charge is -2.16. The van der Waals surface area contributed by atoms with E-state index in [0.29, 0.717) is 6.10 Å². The van der Waals surface area contributed by atoms with Crippen molar-refractivity contribution in [1.82, 2.24) is 5.43 Å². The Kier molecular flexibility index (Phi) is 6.11. The number of hydrazine groups is 1. The molecule has 2 rings (SSSR count). The molecule has 0 saturated carbocycles. The van der Waals surface area contributed by atoms with Crippen molar-refractivity contribution in [3.8, 4) is 0 Å². The lowest BCUT2D eigenvalue weighted by molar-refractivity contribution is 0.101. The van der Waals surface area contributed by atoms with Gasteiger partial charge in [0, 0.05) is 12.6 Å². The predicted octanol–water partition coefficient (Wildman–Crippen LogP) is 4.13. The molecule has 0 aliphatic carbocycles. The third kappa shape index (κ3) is 4.02. The fourth-order valence-electron chi connectivity index (χ4n) is 2.34. The number of hydrogen-bond donors (Lipinski definition) is 2. The monoisotopic (exact) mass is 396 g/mol. The maximum atomic E-state index is 5.66. The summed E-state index contributed by atoms with van der Waals surface area (Å²) in [5.74, 6) is 5.66. The van der Waals surface area contributed by atoms with E-state index in [1.807, 2.05) is 0 Å². The lowest BCUT2D eigenvalue weighted by Crippen LogP contribution is -2.28. The van der Waals surface area contributed by atoms with Gasteiger partial charge in [0.2, 0.25) is 0 Å². The highest BCUT2D eigenvalue weighted by Crippen LogP contribution is 2.37. The number of rotatable bonds is 6. The summed E-state index contributed by atoms with van der Waals surface area (Å²) in [7, 11) is 0. The highest BCUT2D eigenvalue weighted by Gasteiger charge is 2.18. The molecule has 1 aliphatic heterocycles. The first-order chi connectivity index (χ1) is 8.70. The number of nitrogens with one attached hydrogen (secondary N) is 1. The normalized spacial score (nSPS) is 21.4. The van der Waals surface area contributed by atoms with E-state index >= 15 is 0 Å². The number of halogens is 2. The largest absolute Gasteiger partial charge is 0.378 e. The van der Waals surface area contributed by atoms with Gasteiger partial charge in [-0.3, -0.25) is 11.3 Å². The minimum atomic E-state index is 0.211. The zero-order chi connectivity index (χ0) is 13.0. The first kappa shape index (κ1) is 14.9. The molecule has 0 spiro atoms. The van der Waals surface area contributed by atoms with Gasteiger partial charge < -0.3 is 4.74 Å². The van der Waals surface area contributed by atoms with Gasteiger partial charge in [0.1, 0.15) is 0 Å². The second kappa shape index (κ2) is 7.36. The van der Waals surface area contributed by atoms with E-state index in [9.17, 15) is 0 Å². The smallest absolute Gasteiger partial charge is 0.0758 e. The standard InChI is InChI=1S/C12H18Br2N2OS/c13-11-7-9(12(14)18-11)10(16-15)5-1-3-8-4-2-6-17-8/h7-8,10,16H,1-6,15H2. The van der Waals surface area contributed by atoms with Gasteiger partial charge in [-0.2, -0.15) is 0 Å². The summed E-state index contributed by atoms with van der Waals surface area (Å²) in [5.41, 5.74) is 4.15. The molecule has 1 aliphatic rings. The third-order valence-electron chi connectivity index (χ3n) is 3.30. The van der Waals surface area contributed by atoms with Gasteiger partial charge in [-0.1, -0.05) is 0 Å². The Labute approximate surface area is 129 Å². The Bertz CT molecular complexity index is 380. The Morgan fingerprint density at radius 1 is 1.56 bits per heavy atom. The molecule has 2 atom stereocenters. The summed E-state index contributed by atoms with van der Waals surface area (Å²) in [5, 5.41) is 0. The van der Waals surface area contributed by atoms with E-state index < -0.39 is 0 Å². The zero-order valence-corrected chi connectivity index (χ0v) is 14.1. The zero-order valence-electron chi connectivity index (χ0n) is 10.1. The SMILES string of the molecule is NNC(CCCC1CCCO1)c1cc(Br)sc1Br. The van der Waals surface area contributed by atoms with Crippen LogP contribution in [0.2, 0.25) is 0 Å². The molecular weight excluding hydrogens is 380 g/mol. The lowest BCUT2D eigenvalue weighted by atomic mass is 10.0. The highest BCUT2D eigenvalue weighted by atomic mass is 79.9. The molecule has 3 N–H and O–H groups in total. The molecule has 0 bridgehead atoms. The molecule has 2 heterocycles. The van der Waals surface area contributed by atoms with Crippen molar-refractivity contribution < 1.29 is 4.74 Å². The molecule has 18 heavy (non-hydrogen) atoms. The summed E-state index contributed by atoms with van der Waals surface area (Å²) in [6, 6.07) is 2.34. The molecule has 1 fully saturated rings. The first-order valence-electron chi connectivity index (χ1n) is 6.23. The number of thiophene rings is 1. The second-order valence-electron chi connectivity index (χ2n) is 4.56. The van der Waals surface area contributed by atoms with Crippen LogP contribution in [0, 0.1) is 0 Å². The maximum absolute atomic E-state index is 5.66. The van der Waals surface area contributed by atoms with Crippen LogP contribution in [0.3, 0.4) is 0 Å². The summed E-state index contributed by atoms with van der Waals surface area (Å²) < 4.78 is 7.91. The molecule has 1 aromatic heterocycles. The fourth-order valence-corrected chi connectivity index (χ4v) is 5.31. The van der Waals surface area contributed by atoms with Crippen molar-refractivity contribution in [3.63, 3.8) is 0 Å². The topological polar surface area (TPSA) is 47.3 Å². The van der Waals surface area contributed by atoms with E-state index in [1.165, 1.54) is 18.4 Å². The Hall–Kier alpha value is 0.540. The van der Waals surface area contributed by atoms with Gasteiger partial charge in [-0.15, -0.1) is 11.3 Å². The minimum absolute atomic E-state index is 0.211. The quantitative estimate of drug-likeness (QED) is 0.560. The molecule has 1 aromatic rings. The van der Waals surface area contributed by atoms with Crippen LogP contribution in [-0.2, 0) is 4.74 Å². The summed E-state index contributed by atoms with van der Waals surface area (Å²) in [6.45, 7) is 0.937. The molecule has 3 nitrogen and oxygen atoms in total. The Balaban J connectivity index is 1.83. The van der Waals surface area contributed by atoms with Gasteiger partial charge in [-0.25, -0.2) is 0 Å². The van der Waals surface area contributed by atoms with Crippen LogP contribution in [-0.4, -0.2) is 12.7 Å². The van der Waals surface area contributed by atoms with Gasteiger partial charge in [-0.05, 0) is 75.6 Å². The van der Waals surface area contributed by atoms with Crippen LogP contribution >= 0.6 is 43.2 Å². The Morgan fingerprint density at radius 3 is 2.94 bits per heavy atom. The fraction of sp³-hybridized carbons (Fsp3) is 0.667. The molecule has 0 aromatic carbocycles.